The SMILES string of the molecule is CCOCC(NS(=O)(=O)c1ccnc(N)c1)C(C)C. The van der Waals surface area contributed by atoms with Crippen LogP contribution in [0.3, 0.4) is 0 Å². The molecular formula is C12H21N3O3S. The predicted molar refractivity (Wildman–Crippen MR) is 74.1 cm³/mol. The lowest BCUT2D eigenvalue weighted by molar-refractivity contribution is 0.116. The van der Waals surface area contributed by atoms with Gasteiger partial charge in [-0.2, -0.15) is 0 Å². The van der Waals surface area contributed by atoms with Crippen LogP contribution in [0.4, 0.5) is 5.82 Å². The summed E-state index contributed by atoms with van der Waals surface area (Å²) < 4.78 is 32.4. The van der Waals surface area contributed by atoms with Crippen LogP contribution in [0, 0.1) is 5.92 Å². The molecule has 0 aliphatic heterocycles. The van der Waals surface area contributed by atoms with Gasteiger partial charge < -0.3 is 10.5 Å². The number of hydrogen-bond acceptors (Lipinski definition) is 5. The smallest absolute Gasteiger partial charge is 0.241 e. The van der Waals surface area contributed by atoms with Crippen LogP contribution in [0.5, 0.6) is 0 Å². The molecule has 0 saturated carbocycles. The predicted octanol–water partition coefficient (Wildman–Crippen LogP) is 1.00. The zero-order valence-electron chi connectivity index (χ0n) is 11.5. The van der Waals surface area contributed by atoms with Crippen LogP contribution < -0.4 is 10.5 Å². The third kappa shape index (κ3) is 4.77. The summed E-state index contributed by atoms with van der Waals surface area (Å²) in [5, 5.41) is 0. The number of nitrogen functional groups attached to an aromatic ring is 1. The summed E-state index contributed by atoms with van der Waals surface area (Å²) in [7, 11) is -3.61. The molecule has 0 saturated heterocycles. The van der Waals surface area contributed by atoms with Crippen molar-refractivity contribution in [3.63, 3.8) is 0 Å². The maximum Gasteiger partial charge on any atom is 0.241 e. The summed E-state index contributed by atoms with van der Waals surface area (Å²) in [5.74, 6) is 0.300. The van der Waals surface area contributed by atoms with Crippen molar-refractivity contribution in [3.05, 3.63) is 18.3 Å². The molecule has 6 nitrogen and oxygen atoms in total. The maximum absolute atomic E-state index is 12.2. The Bertz CT molecular complexity index is 503. The first-order valence-electron chi connectivity index (χ1n) is 6.18. The first-order chi connectivity index (χ1) is 8.86. The Balaban J connectivity index is 2.88. The van der Waals surface area contributed by atoms with Crippen molar-refractivity contribution < 1.29 is 13.2 Å². The van der Waals surface area contributed by atoms with Crippen LogP contribution in [-0.2, 0) is 14.8 Å². The summed E-state index contributed by atoms with van der Waals surface area (Å²) in [4.78, 5) is 3.89. The number of aromatic nitrogens is 1. The fraction of sp³-hybridized carbons (Fsp3) is 0.583. The molecule has 0 aromatic carbocycles. The largest absolute Gasteiger partial charge is 0.384 e. The van der Waals surface area contributed by atoms with Gasteiger partial charge in [-0.3, -0.25) is 0 Å². The van der Waals surface area contributed by atoms with Gasteiger partial charge in [0.15, 0.2) is 0 Å². The van der Waals surface area contributed by atoms with Crippen LogP contribution in [0.2, 0.25) is 0 Å². The second kappa shape index (κ2) is 6.83. The Morgan fingerprint density at radius 2 is 2.16 bits per heavy atom. The molecule has 0 fully saturated rings. The van der Waals surface area contributed by atoms with E-state index in [0.717, 1.165) is 0 Å². The van der Waals surface area contributed by atoms with E-state index in [2.05, 4.69) is 9.71 Å². The van der Waals surface area contributed by atoms with Gasteiger partial charge in [-0.25, -0.2) is 18.1 Å². The molecule has 1 unspecified atom stereocenters. The second-order valence-electron chi connectivity index (χ2n) is 4.55. The van der Waals surface area contributed by atoms with Crippen LogP contribution in [0.1, 0.15) is 20.8 Å². The van der Waals surface area contributed by atoms with Gasteiger partial charge in [-0.05, 0) is 18.9 Å². The van der Waals surface area contributed by atoms with E-state index in [9.17, 15) is 8.42 Å². The van der Waals surface area contributed by atoms with E-state index in [4.69, 9.17) is 10.5 Å². The van der Waals surface area contributed by atoms with Gasteiger partial charge in [-0.1, -0.05) is 13.8 Å². The molecule has 1 aromatic rings. The highest BCUT2D eigenvalue weighted by atomic mass is 32.2. The Hall–Kier alpha value is -1.18. The quantitative estimate of drug-likeness (QED) is 0.780. The molecule has 1 aromatic heterocycles. The van der Waals surface area contributed by atoms with Gasteiger partial charge in [0.05, 0.1) is 11.5 Å². The van der Waals surface area contributed by atoms with E-state index in [0.29, 0.717) is 13.2 Å². The van der Waals surface area contributed by atoms with Crippen molar-refractivity contribution in [2.45, 2.75) is 31.7 Å². The molecule has 0 amide bonds. The summed E-state index contributed by atoms with van der Waals surface area (Å²) in [6, 6.07) is 2.47. The van der Waals surface area contributed by atoms with Gasteiger partial charge in [0.1, 0.15) is 5.82 Å². The Kier molecular flexibility index (Phi) is 5.71. The molecule has 0 spiro atoms. The molecule has 1 atom stereocenters. The molecule has 0 aliphatic carbocycles. The molecule has 0 aliphatic rings. The molecule has 3 N–H and O–H groups in total. The highest BCUT2D eigenvalue weighted by molar-refractivity contribution is 7.89. The number of rotatable bonds is 7. The number of sulfonamides is 1. The van der Waals surface area contributed by atoms with E-state index in [1.807, 2.05) is 20.8 Å². The van der Waals surface area contributed by atoms with E-state index in [-0.39, 0.29) is 22.7 Å². The number of ether oxygens (including phenoxy) is 1. The number of nitrogens with one attached hydrogen (secondary N) is 1. The summed E-state index contributed by atoms with van der Waals surface area (Å²) >= 11 is 0. The number of pyridine rings is 1. The average molecular weight is 287 g/mol. The number of nitrogens with two attached hydrogens (primary N) is 1. The topological polar surface area (TPSA) is 94.3 Å². The fourth-order valence-corrected chi connectivity index (χ4v) is 2.86. The van der Waals surface area contributed by atoms with Gasteiger partial charge in [0, 0.05) is 24.9 Å². The lowest BCUT2D eigenvalue weighted by Gasteiger charge is -2.22. The van der Waals surface area contributed by atoms with E-state index >= 15 is 0 Å². The van der Waals surface area contributed by atoms with Crippen molar-refractivity contribution in [1.82, 2.24) is 9.71 Å². The maximum atomic E-state index is 12.2. The summed E-state index contributed by atoms with van der Waals surface area (Å²) in [5.41, 5.74) is 5.50. The van der Waals surface area contributed by atoms with Crippen LogP contribution in [-0.4, -0.2) is 32.7 Å². The van der Waals surface area contributed by atoms with E-state index in [1.54, 1.807) is 0 Å². The van der Waals surface area contributed by atoms with Crippen molar-refractivity contribution in [2.75, 3.05) is 18.9 Å². The van der Waals surface area contributed by atoms with Crippen molar-refractivity contribution in [1.29, 1.82) is 0 Å². The van der Waals surface area contributed by atoms with Crippen LogP contribution >= 0.6 is 0 Å². The third-order valence-corrected chi connectivity index (χ3v) is 4.16. The molecule has 0 bridgehead atoms. The molecular weight excluding hydrogens is 266 g/mol. The molecule has 19 heavy (non-hydrogen) atoms. The fourth-order valence-electron chi connectivity index (χ4n) is 1.47. The second-order valence-corrected chi connectivity index (χ2v) is 6.26. The zero-order chi connectivity index (χ0) is 14.5. The Morgan fingerprint density at radius 1 is 1.47 bits per heavy atom. The summed E-state index contributed by atoms with van der Waals surface area (Å²) in [6.07, 6.45) is 1.37. The molecule has 7 heteroatoms. The van der Waals surface area contributed by atoms with Gasteiger partial charge in [-0.15, -0.1) is 0 Å². The number of anilines is 1. The van der Waals surface area contributed by atoms with Gasteiger partial charge >= 0.3 is 0 Å². The zero-order valence-corrected chi connectivity index (χ0v) is 12.3. The highest BCUT2D eigenvalue weighted by Crippen LogP contribution is 2.13. The minimum absolute atomic E-state index is 0.113. The van der Waals surface area contributed by atoms with Gasteiger partial charge in [0.2, 0.25) is 10.0 Å². The first-order valence-corrected chi connectivity index (χ1v) is 7.66. The number of nitrogens with zero attached hydrogens (tertiary/aromatic N) is 1. The standard InChI is InChI=1S/C12H21N3O3S/c1-4-18-8-11(9(2)3)15-19(16,17)10-5-6-14-12(13)7-10/h5-7,9,11,15H,4,8H2,1-3H3,(H2,13,14). The molecule has 0 radical (unpaired) electrons. The van der Waals surface area contributed by atoms with E-state index in [1.165, 1.54) is 18.3 Å². The van der Waals surface area contributed by atoms with Crippen molar-refractivity contribution in [2.24, 2.45) is 5.92 Å². The Labute approximate surface area is 114 Å². The molecule has 1 rings (SSSR count). The lowest BCUT2D eigenvalue weighted by atomic mass is 10.1. The minimum atomic E-state index is -3.61. The minimum Gasteiger partial charge on any atom is -0.384 e. The Morgan fingerprint density at radius 3 is 2.68 bits per heavy atom. The molecule has 108 valence electrons. The highest BCUT2D eigenvalue weighted by Gasteiger charge is 2.22. The average Bonchev–Trinajstić information content (AvgIpc) is 2.34. The molecule has 1 heterocycles. The summed E-state index contributed by atoms with van der Waals surface area (Å²) in [6.45, 7) is 6.64. The first kappa shape index (κ1) is 15.9. The monoisotopic (exact) mass is 287 g/mol. The number of hydrogen-bond donors (Lipinski definition) is 2. The third-order valence-electron chi connectivity index (χ3n) is 2.68. The van der Waals surface area contributed by atoms with Crippen molar-refractivity contribution >= 4 is 15.8 Å². The van der Waals surface area contributed by atoms with E-state index < -0.39 is 10.0 Å². The lowest BCUT2D eigenvalue weighted by Crippen LogP contribution is -2.41. The van der Waals surface area contributed by atoms with Crippen LogP contribution in [0.25, 0.3) is 0 Å². The van der Waals surface area contributed by atoms with Crippen molar-refractivity contribution in [3.8, 4) is 0 Å². The van der Waals surface area contributed by atoms with Crippen LogP contribution in [0.15, 0.2) is 23.2 Å². The normalized spacial score (nSPS) is 13.7. The van der Waals surface area contributed by atoms with Gasteiger partial charge in [0.25, 0.3) is 0 Å².